The molecule has 1 atom stereocenters. The van der Waals surface area contributed by atoms with E-state index in [9.17, 15) is 13.2 Å². The van der Waals surface area contributed by atoms with E-state index in [-0.39, 0.29) is 31.1 Å². The van der Waals surface area contributed by atoms with Crippen LogP contribution < -0.4 is 0 Å². The maximum absolute atomic E-state index is 12.5. The molecule has 1 aromatic heterocycles. The number of nitrogens with zero attached hydrogens (tertiary/aromatic N) is 3. The summed E-state index contributed by atoms with van der Waals surface area (Å²) < 4.78 is 37.5. The van der Waals surface area contributed by atoms with Crippen LogP contribution in [0.3, 0.4) is 0 Å². The zero-order valence-corrected chi connectivity index (χ0v) is 12.2. The first-order valence-electron chi connectivity index (χ1n) is 6.11. The van der Waals surface area contributed by atoms with E-state index >= 15 is 0 Å². The maximum atomic E-state index is 12.5. The number of hydrogen-bond acceptors (Lipinski definition) is 6. The number of ether oxygens (including phenoxy) is 2. The van der Waals surface area contributed by atoms with Gasteiger partial charge in [-0.05, 0) is 6.07 Å². The maximum Gasteiger partial charge on any atom is 0.308 e. The molecule has 0 N–H and O–H groups in total. The monoisotopic (exact) mass is 303 g/mol. The molecule has 1 aliphatic rings. The van der Waals surface area contributed by atoms with E-state index in [0.717, 1.165) is 0 Å². The molecule has 0 aliphatic carbocycles. The van der Waals surface area contributed by atoms with Crippen LogP contribution >= 0.6 is 0 Å². The van der Waals surface area contributed by atoms with Gasteiger partial charge in [0.15, 0.2) is 5.03 Å². The van der Waals surface area contributed by atoms with Gasteiger partial charge in [-0.2, -0.15) is 9.40 Å². The van der Waals surface area contributed by atoms with Crippen LogP contribution in [0.1, 0.15) is 6.42 Å². The lowest BCUT2D eigenvalue weighted by Crippen LogP contribution is -2.46. The predicted octanol–water partition coefficient (Wildman–Crippen LogP) is -0.627. The first-order valence-corrected chi connectivity index (χ1v) is 7.55. The summed E-state index contributed by atoms with van der Waals surface area (Å²) in [7, 11) is -0.767. The Bertz CT molecular complexity index is 583. The van der Waals surface area contributed by atoms with Crippen LogP contribution in [-0.4, -0.2) is 61.4 Å². The molecule has 8 nitrogen and oxygen atoms in total. The molecule has 1 unspecified atom stereocenters. The lowest BCUT2D eigenvalue weighted by molar-refractivity contribution is -0.145. The van der Waals surface area contributed by atoms with Crippen LogP contribution in [0.15, 0.2) is 17.3 Å². The van der Waals surface area contributed by atoms with Crippen LogP contribution in [0.2, 0.25) is 0 Å². The zero-order valence-electron chi connectivity index (χ0n) is 11.4. The molecule has 2 rings (SSSR count). The van der Waals surface area contributed by atoms with Crippen molar-refractivity contribution < 1.29 is 22.7 Å². The molecule has 1 saturated heterocycles. The second-order valence-corrected chi connectivity index (χ2v) is 6.31. The van der Waals surface area contributed by atoms with E-state index in [1.807, 2.05) is 0 Å². The first kappa shape index (κ1) is 14.9. The van der Waals surface area contributed by atoms with Gasteiger partial charge in [0.1, 0.15) is 0 Å². The number of carbonyl (C=O) groups is 1. The molecule has 1 fully saturated rings. The third-order valence-electron chi connectivity index (χ3n) is 3.10. The van der Waals surface area contributed by atoms with Crippen molar-refractivity contribution >= 4 is 16.0 Å². The van der Waals surface area contributed by atoms with Gasteiger partial charge in [0.05, 0.1) is 32.4 Å². The minimum Gasteiger partial charge on any atom is -0.469 e. The summed E-state index contributed by atoms with van der Waals surface area (Å²) in [5.41, 5.74) is 0. The van der Waals surface area contributed by atoms with Crippen LogP contribution in [-0.2, 0) is 31.3 Å². The second-order valence-electron chi connectivity index (χ2n) is 4.43. The molecular formula is C11H17N3O5S. The lowest BCUT2D eigenvalue weighted by Gasteiger charge is -2.31. The Morgan fingerprint density at radius 3 is 2.95 bits per heavy atom. The predicted molar refractivity (Wildman–Crippen MR) is 68.3 cm³/mol. The summed E-state index contributed by atoms with van der Waals surface area (Å²) in [4.78, 5) is 11.2. The highest BCUT2D eigenvalue weighted by Gasteiger charge is 2.33. The van der Waals surface area contributed by atoms with E-state index in [1.54, 1.807) is 7.05 Å². The Morgan fingerprint density at radius 1 is 1.60 bits per heavy atom. The number of methoxy groups -OCH3 is 1. The van der Waals surface area contributed by atoms with E-state index in [4.69, 9.17) is 4.74 Å². The molecule has 112 valence electrons. The normalized spacial score (nSPS) is 20.8. The Hall–Kier alpha value is -1.45. The number of sulfonamides is 1. The van der Waals surface area contributed by atoms with Gasteiger partial charge in [0.25, 0.3) is 10.0 Å². The number of carbonyl (C=O) groups excluding carboxylic acids is 1. The second kappa shape index (κ2) is 5.90. The molecule has 0 amide bonds. The zero-order chi connectivity index (χ0) is 14.8. The average molecular weight is 303 g/mol. The molecule has 0 saturated carbocycles. The summed E-state index contributed by atoms with van der Waals surface area (Å²) >= 11 is 0. The Balaban J connectivity index is 2.13. The van der Waals surface area contributed by atoms with E-state index in [1.165, 1.54) is 28.4 Å². The minimum atomic E-state index is -3.62. The van der Waals surface area contributed by atoms with E-state index in [0.29, 0.717) is 0 Å². The molecule has 0 aromatic carbocycles. The minimum absolute atomic E-state index is 0.0356. The SMILES string of the molecule is COC(=O)CC1CN(S(=O)(=O)c2ccnn2C)CCO1. The van der Waals surface area contributed by atoms with Crippen molar-refractivity contribution in [1.82, 2.24) is 14.1 Å². The summed E-state index contributed by atoms with van der Waals surface area (Å²) in [5.74, 6) is -0.421. The third kappa shape index (κ3) is 3.00. The number of aromatic nitrogens is 2. The molecule has 2 heterocycles. The van der Waals surface area contributed by atoms with Crippen LogP contribution in [0.25, 0.3) is 0 Å². The summed E-state index contributed by atoms with van der Waals surface area (Å²) in [6.45, 7) is 0.631. The van der Waals surface area contributed by atoms with Crippen LogP contribution in [0.5, 0.6) is 0 Å². The Morgan fingerprint density at radius 2 is 2.35 bits per heavy atom. The third-order valence-corrected chi connectivity index (χ3v) is 5.04. The quantitative estimate of drug-likeness (QED) is 0.688. The highest BCUT2D eigenvalue weighted by Crippen LogP contribution is 2.19. The molecule has 0 spiro atoms. The molecule has 1 aromatic rings. The van der Waals surface area contributed by atoms with Gasteiger partial charge in [0.2, 0.25) is 0 Å². The lowest BCUT2D eigenvalue weighted by atomic mass is 10.2. The largest absolute Gasteiger partial charge is 0.469 e. The fourth-order valence-electron chi connectivity index (χ4n) is 2.05. The number of morpholine rings is 1. The van der Waals surface area contributed by atoms with Gasteiger partial charge in [0, 0.05) is 20.1 Å². The van der Waals surface area contributed by atoms with Crippen molar-refractivity contribution in [1.29, 1.82) is 0 Å². The van der Waals surface area contributed by atoms with E-state index < -0.39 is 22.1 Å². The summed E-state index contributed by atoms with van der Waals surface area (Å²) in [6.07, 6.45) is 0.979. The number of hydrogen-bond donors (Lipinski definition) is 0. The molecule has 1 aliphatic heterocycles. The fraction of sp³-hybridized carbons (Fsp3) is 0.636. The van der Waals surface area contributed by atoms with Crippen molar-refractivity contribution in [2.24, 2.45) is 7.05 Å². The molecule has 20 heavy (non-hydrogen) atoms. The average Bonchev–Trinajstić information content (AvgIpc) is 2.86. The van der Waals surface area contributed by atoms with Gasteiger partial charge in [-0.3, -0.25) is 9.48 Å². The molecule has 0 bridgehead atoms. The van der Waals surface area contributed by atoms with Gasteiger partial charge < -0.3 is 9.47 Å². The van der Waals surface area contributed by atoms with Gasteiger partial charge in [-0.15, -0.1) is 0 Å². The fourth-order valence-corrected chi connectivity index (χ4v) is 3.61. The van der Waals surface area contributed by atoms with Gasteiger partial charge in [-0.25, -0.2) is 8.42 Å². The number of rotatable bonds is 4. The highest BCUT2D eigenvalue weighted by atomic mass is 32.2. The highest BCUT2D eigenvalue weighted by molar-refractivity contribution is 7.89. The van der Waals surface area contributed by atoms with Crippen molar-refractivity contribution in [2.45, 2.75) is 17.6 Å². The van der Waals surface area contributed by atoms with Gasteiger partial charge >= 0.3 is 5.97 Å². The smallest absolute Gasteiger partial charge is 0.308 e. The first-order chi connectivity index (χ1) is 9.45. The van der Waals surface area contributed by atoms with Crippen molar-refractivity contribution in [3.8, 4) is 0 Å². The van der Waals surface area contributed by atoms with Crippen molar-refractivity contribution in [3.05, 3.63) is 12.3 Å². The Labute approximate surface area is 117 Å². The van der Waals surface area contributed by atoms with Crippen LogP contribution in [0, 0.1) is 0 Å². The summed E-state index contributed by atoms with van der Waals surface area (Å²) in [6, 6.07) is 1.44. The molecular weight excluding hydrogens is 286 g/mol. The topological polar surface area (TPSA) is 90.7 Å². The molecule has 9 heteroatoms. The van der Waals surface area contributed by atoms with E-state index in [2.05, 4.69) is 9.84 Å². The number of aryl methyl sites for hydroxylation is 1. The standard InChI is InChI=1S/C11H17N3O5S/c1-13-10(3-4-12-13)20(16,17)14-5-6-19-9(8-14)7-11(15)18-2/h3-4,9H,5-8H2,1-2H3. The van der Waals surface area contributed by atoms with Crippen LogP contribution in [0.4, 0.5) is 0 Å². The number of esters is 1. The summed E-state index contributed by atoms with van der Waals surface area (Å²) in [5, 5.41) is 3.99. The Kier molecular flexibility index (Phi) is 4.41. The molecule has 0 radical (unpaired) electrons. The van der Waals surface area contributed by atoms with Crippen molar-refractivity contribution in [2.75, 3.05) is 26.8 Å². The van der Waals surface area contributed by atoms with Gasteiger partial charge in [-0.1, -0.05) is 0 Å². The van der Waals surface area contributed by atoms with Crippen molar-refractivity contribution in [3.63, 3.8) is 0 Å².